The largest absolute Gasteiger partial charge is 0.450 e. The van der Waals surface area contributed by atoms with Crippen molar-refractivity contribution in [1.29, 1.82) is 0 Å². The molecule has 21 heavy (non-hydrogen) atoms. The number of carbonyl (C=O) groups is 1. The molecule has 0 aliphatic carbocycles. The van der Waals surface area contributed by atoms with Crippen molar-refractivity contribution >= 4 is 16.9 Å². The Kier molecular flexibility index (Phi) is 3.27. The van der Waals surface area contributed by atoms with Crippen LogP contribution in [0.5, 0.6) is 0 Å². The Balaban J connectivity index is 1.89. The third kappa shape index (κ3) is 2.55. The van der Waals surface area contributed by atoms with Crippen LogP contribution in [0.4, 0.5) is 0 Å². The van der Waals surface area contributed by atoms with Gasteiger partial charge in [-0.3, -0.25) is 4.79 Å². The van der Waals surface area contributed by atoms with Crippen molar-refractivity contribution in [3.63, 3.8) is 0 Å². The van der Waals surface area contributed by atoms with Gasteiger partial charge in [0.2, 0.25) is 0 Å². The molecule has 1 atom stereocenters. The van der Waals surface area contributed by atoms with Crippen LogP contribution in [0.2, 0.25) is 0 Å². The maximum Gasteiger partial charge on any atom is 0.355 e. The lowest BCUT2D eigenvalue weighted by molar-refractivity contribution is 0.0314. The summed E-state index contributed by atoms with van der Waals surface area (Å²) < 4.78 is 5.28. The number of nitrogens with one attached hydrogen (secondary N) is 2. The second-order valence-corrected chi connectivity index (χ2v) is 4.60. The molecule has 0 fully saturated rings. The van der Waals surface area contributed by atoms with E-state index in [0.717, 1.165) is 0 Å². The molecule has 0 aliphatic heterocycles. The second kappa shape index (κ2) is 5.24. The van der Waals surface area contributed by atoms with Gasteiger partial charge in [0.25, 0.3) is 5.56 Å². The zero-order valence-corrected chi connectivity index (χ0v) is 11.3. The number of nitrogens with zero attached hydrogens (tertiary/aromatic N) is 1. The Bertz CT molecular complexity index is 837. The average molecular weight is 283 g/mol. The number of hydrogen-bond acceptors (Lipinski definition) is 4. The third-order valence-electron chi connectivity index (χ3n) is 3.12. The van der Waals surface area contributed by atoms with Crippen LogP contribution >= 0.6 is 0 Å². The first-order valence-electron chi connectivity index (χ1n) is 6.48. The normalized spacial score (nSPS) is 12.2. The van der Waals surface area contributed by atoms with Crippen LogP contribution in [-0.2, 0) is 4.74 Å². The molecular formula is C15H13N3O3. The quantitative estimate of drug-likeness (QED) is 0.721. The summed E-state index contributed by atoms with van der Waals surface area (Å²) in [6.07, 6.45) is 0.982. The zero-order valence-electron chi connectivity index (χ0n) is 11.3. The van der Waals surface area contributed by atoms with E-state index in [0.29, 0.717) is 22.4 Å². The number of carbonyl (C=O) groups excluding carboxylic acids is 1. The molecule has 0 spiro atoms. The number of esters is 1. The Morgan fingerprint density at radius 1 is 1.24 bits per heavy atom. The average Bonchev–Trinajstić information content (AvgIpc) is 3.01. The fourth-order valence-electron chi connectivity index (χ4n) is 2.03. The van der Waals surface area contributed by atoms with Crippen molar-refractivity contribution in [2.75, 3.05) is 0 Å². The molecule has 6 nitrogen and oxygen atoms in total. The molecule has 0 saturated carbocycles. The molecule has 6 heteroatoms. The van der Waals surface area contributed by atoms with Gasteiger partial charge in [-0.15, -0.1) is 0 Å². The first-order chi connectivity index (χ1) is 10.1. The molecule has 0 saturated heterocycles. The number of para-hydroxylation sites is 1. The number of fused-ring (bicyclic) bond motifs is 1. The van der Waals surface area contributed by atoms with E-state index in [2.05, 4.69) is 15.0 Å². The number of aromatic nitrogens is 3. The highest BCUT2D eigenvalue weighted by atomic mass is 16.5. The second-order valence-electron chi connectivity index (χ2n) is 4.60. The topological polar surface area (TPSA) is 87.8 Å². The Morgan fingerprint density at radius 2 is 2.05 bits per heavy atom. The maximum absolute atomic E-state index is 12.0. The highest BCUT2D eigenvalue weighted by Crippen LogP contribution is 2.15. The Morgan fingerprint density at radius 3 is 2.81 bits per heavy atom. The SMILES string of the molecule is C[C@H](OC(=O)c1ccc[nH]1)c1nc2ccccc2c(=O)[nH]1. The van der Waals surface area contributed by atoms with E-state index in [1.807, 2.05) is 0 Å². The maximum atomic E-state index is 12.0. The lowest BCUT2D eigenvalue weighted by atomic mass is 10.2. The molecule has 1 aromatic carbocycles. The molecule has 3 rings (SSSR count). The predicted octanol–water partition coefficient (Wildman–Crippen LogP) is 2.17. The summed E-state index contributed by atoms with van der Waals surface area (Å²) in [6.45, 7) is 1.66. The van der Waals surface area contributed by atoms with E-state index >= 15 is 0 Å². The highest BCUT2D eigenvalue weighted by Gasteiger charge is 2.17. The minimum atomic E-state index is -0.655. The molecule has 2 aromatic heterocycles. The molecule has 0 unspecified atom stereocenters. The molecule has 3 aromatic rings. The van der Waals surface area contributed by atoms with Gasteiger partial charge >= 0.3 is 5.97 Å². The van der Waals surface area contributed by atoms with E-state index < -0.39 is 12.1 Å². The molecule has 2 N–H and O–H groups in total. The predicted molar refractivity (Wildman–Crippen MR) is 77.0 cm³/mol. The monoisotopic (exact) mass is 283 g/mol. The number of ether oxygens (including phenoxy) is 1. The number of hydrogen-bond donors (Lipinski definition) is 2. The number of aromatic amines is 2. The van der Waals surface area contributed by atoms with Gasteiger partial charge in [0.05, 0.1) is 10.9 Å². The van der Waals surface area contributed by atoms with E-state index in [1.54, 1.807) is 49.5 Å². The Hall–Kier alpha value is -2.89. The van der Waals surface area contributed by atoms with Gasteiger partial charge in [0, 0.05) is 6.20 Å². The van der Waals surface area contributed by atoms with Crippen LogP contribution < -0.4 is 5.56 Å². The standard InChI is InChI=1S/C15H13N3O3/c1-9(21-15(20)12-7-4-8-16-12)13-17-11-6-3-2-5-10(11)14(19)18-13/h2-9,16H,1H3,(H,17,18,19)/t9-/m0/s1. The van der Waals surface area contributed by atoms with Gasteiger partial charge in [-0.2, -0.15) is 0 Å². The Labute approximate surface area is 119 Å². The summed E-state index contributed by atoms with van der Waals surface area (Å²) in [6, 6.07) is 10.3. The van der Waals surface area contributed by atoms with Crippen molar-refractivity contribution in [1.82, 2.24) is 15.0 Å². The van der Waals surface area contributed by atoms with Gasteiger partial charge in [0.1, 0.15) is 5.69 Å². The third-order valence-corrected chi connectivity index (χ3v) is 3.12. The van der Waals surface area contributed by atoms with Gasteiger partial charge in [-0.25, -0.2) is 9.78 Å². The highest BCUT2D eigenvalue weighted by molar-refractivity contribution is 5.87. The zero-order chi connectivity index (χ0) is 14.8. The number of H-pyrrole nitrogens is 2. The molecule has 106 valence electrons. The summed E-state index contributed by atoms with van der Waals surface area (Å²) in [4.78, 5) is 33.6. The number of benzene rings is 1. The van der Waals surface area contributed by atoms with Crippen molar-refractivity contribution in [3.8, 4) is 0 Å². The summed E-state index contributed by atoms with van der Waals surface area (Å²) in [5.74, 6) is -0.179. The van der Waals surface area contributed by atoms with Crippen LogP contribution in [-0.4, -0.2) is 20.9 Å². The minimum Gasteiger partial charge on any atom is -0.450 e. The smallest absolute Gasteiger partial charge is 0.355 e. The van der Waals surface area contributed by atoms with Crippen molar-refractivity contribution < 1.29 is 9.53 Å². The lowest BCUT2D eigenvalue weighted by Gasteiger charge is -2.12. The first-order valence-corrected chi connectivity index (χ1v) is 6.48. The molecule has 0 bridgehead atoms. The van der Waals surface area contributed by atoms with E-state index in [1.165, 1.54) is 0 Å². The fourth-order valence-corrected chi connectivity index (χ4v) is 2.03. The van der Waals surface area contributed by atoms with E-state index in [-0.39, 0.29) is 5.56 Å². The summed E-state index contributed by atoms with van der Waals surface area (Å²) in [7, 11) is 0. The molecule has 2 heterocycles. The van der Waals surface area contributed by atoms with Crippen LogP contribution in [0, 0.1) is 0 Å². The van der Waals surface area contributed by atoms with Crippen molar-refractivity contribution in [2.24, 2.45) is 0 Å². The summed E-state index contributed by atoms with van der Waals surface area (Å²) >= 11 is 0. The van der Waals surface area contributed by atoms with Crippen molar-refractivity contribution in [2.45, 2.75) is 13.0 Å². The van der Waals surface area contributed by atoms with Gasteiger partial charge in [-0.1, -0.05) is 12.1 Å². The molecular weight excluding hydrogens is 270 g/mol. The summed E-state index contributed by atoms with van der Waals surface area (Å²) in [5.41, 5.74) is 0.669. The molecule has 0 aliphatic rings. The van der Waals surface area contributed by atoms with E-state index in [9.17, 15) is 9.59 Å². The first kappa shape index (κ1) is 13.1. The van der Waals surface area contributed by atoms with Gasteiger partial charge in [-0.05, 0) is 31.2 Å². The van der Waals surface area contributed by atoms with Crippen LogP contribution in [0.15, 0.2) is 47.4 Å². The molecule has 0 radical (unpaired) electrons. The van der Waals surface area contributed by atoms with Crippen LogP contribution in [0.1, 0.15) is 29.3 Å². The fraction of sp³-hybridized carbons (Fsp3) is 0.133. The lowest BCUT2D eigenvalue weighted by Crippen LogP contribution is -2.17. The van der Waals surface area contributed by atoms with Gasteiger partial charge in [0.15, 0.2) is 11.9 Å². The van der Waals surface area contributed by atoms with E-state index in [4.69, 9.17) is 4.74 Å². The van der Waals surface area contributed by atoms with Crippen LogP contribution in [0.3, 0.4) is 0 Å². The van der Waals surface area contributed by atoms with Gasteiger partial charge < -0.3 is 14.7 Å². The minimum absolute atomic E-state index is 0.252. The molecule has 0 amide bonds. The summed E-state index contributed by atoms with van der Waals surface area (Å²) in [5, 5.41) is 0.504. The number of rotatable bonds is 3. The van der Waals surface area contributed by atoms with Crippen molar-refractivity contribution in [3.05, 3.63) is 64.5 Å². The van der Waals surface area contributed by atoms with Crippen LogP contribution in [0.25, 0.3) is 10.9 Å².